The maximum Gasteiger partial charge on any atom is 0.336 e. The van der Waals surface area contributed by atoms with Crippen LogP contribution in [0.3, 0.4) is 0 Å². The van der Waals surface area contributed by atoms with E-state index >= 15 is 0 Å². The Morgan fingerprint density at radius 1 is 1.31 bits per heavy atom. The number of benzene rings is 1. The molecule has 1 aromatic carbocycles. The molecule has 1 atom stereocenters. The number of thioether (sulfide) groups is 1. The number of Topliss-reactive ketones (excluding diaryl/α,β-unsaturated/α-hetero) is 1. The number of nitrogens with zero attached hydrogens (tertiary/aromatic N) is 1. The summed E-state index contributed by atoms with van der Waals surface area (Å²) in [5, 5.41) is 13.5. The van der Waals surface area contributed by atoms with Crippen LogP contribution in [-0.2, 0) is 9.53 Å². The molecule has 7 heteroatoms. The highest BCUT2D eigenvalue weighted by molar-refractivity contribution is 8.03. The number of carbonyl (C=O) groups is 2. The van der Waals surface area contributed by atoms with Gasteiger partial charge in [0.05, 0.1) is 34.6 Å². The highest BCUT2D eigenvalue weighted by Crippen LogP contribution is 2.38. The number of ether oxygens (including phenoxy) is 1. The van der Waals surface area contributed by atoms with Crippen LogP contribution in [0.15, 0.2) is 46.1 Å². The van der Waals surface area contributed by atoms with Crippen molar-refractivity contribution in [3.05, 3.63) is 57.5 Å². The quantitative estimate of drug-likeness (QED) is 0.494. The fourth-order valence-electron chi connectivity index (χ4n) is 3.18. The minimum Gasteiger partial charge on any atom is -0.463 e. The summed E-state index contributed by atoms with van der Waals surface area (Å²) in [6, 6.07) is 7.59. The second-order valence-electron chi connectivity index (χ2n) is 7.14. The van der Waals surface area contributed by atoms with Gasteiger partial charge in [0.15, 0.2) is 5.78 Å². The second-order valence-corrected chi connectivity index (χ2v) is 8.13. The summed E-state index contributed by atoms with van der Waals surface area (Å²) >= 11 is 1.22. The van der Waals surface area contributed by atoms with Gasteiger partial charge in [-0.1, -0.05) is 25.6 Å². The van der Waals surface area contributed by atoms with Crippen molar-refractivity contribution < 1.29 is 18.7 Å². The lowest BCUT2D eigenvalue weighted by Crippen LogP contribution is -2.31. The number of allylic oxidation sites excluding steroid dienone is 2. The van der Waals surface area contributed by atoms with E-state index in [0.29, 0.717) is 33.9 Å². The molecule has 29 heavy (non-hydrogen) atoms. The monoisotopic (exact) mass is 416 g/mol. The predicted octanol–water partition coefficient (Wildman–Crippen LogP) is 4.58. The molecule has 1 heterocycles. The number of nitriles is 1. The third kappa shape index (κ3) is 5.70. The number of dihydropyridines is 1. The molecule has 0 aromatic heterocycles. The van der Waals surface area contributed by atoms with Crippen LogP contribution < -0.4 is 5.32 Å². The van der Waals surface area contributed by atoms with Gasteiger partial charge in [0, 0.05) is 17.2 Å². The highest BCUT2D eigenvalue weighted by atomic mass is 32.2. The average Bonchev–Trinajstić information content (AvgIpc) is 2.66. The number of ketones is 1. The summed E-state index contributed by atoms with van der Waals surface area (Å²) in [6.07, 6.45) is 0.617. The Morgan fingerprint density at radius 2 is 1.97 bits per heavy atom. The van der Waals surface area contributed by atoms with Gasteiger partial charge >= 0.3 is 5.97 Å². The van der Waals surface area contributed by atoms with Crippen molar-refractivity contribution in [2.45, 2.75) is 34.1 Å². The van der Waals surface area contributed by atoms with E-state index in [1.807, 2.05) is 13.8 Å². The lowest BCUT2D eigenvalue weighted by atomic mass is 9.82. The zero-order valence-corrected chi connectivity index (χ0v) is 17.9. The van der Waals surface area contributed by atoms with E-state index in [2.05, 4.69) is 11.4 Å². The largest absolute Gasteiger partial charge is 0.463 e. The van der Waals surface area contributed by atoms with Gasteiger partial charge in [-0.15, -0.1) is 0 Å². The molecule has 0 aliphatic carbocycles. The average molecular weight is 417 g/mol. The van der Waals surface area contributed by atoms with Crippen molar-refractivity contribution in [3.8, 4) is 6.07 Å². The van der Waals surface area contributed by atoms with E-state index in [0.717, 1.165) is 0 Å². The summed E-state index contributed by atoms with van der Waals surface area (Å²) in [7, 11) is 0. The van der Waals surface area contributed by atoms with Crippen LogP contribution in [0.5, 0.6) is 0 Å². The minimum atomic E-state index is -0.428. The summed E-state index contributed by atoms with van der Waals surface area (Å²) in [4.78, 5) is 24.9. The number of halogens is 1. The van der Waals surface area contributed by atoms with Gasteiger partial charge in [0.25, 0.3) is 0 Å². The van der Waals surface area contributed by atoms with Gasteiger partial charge in [0.1, 0.15) is 5.82 Å². The molecular weight excluding hydrogens is 391 g/mol. The molecule has 1 aliphatic rings. The number of nitrogens with one attached hydrogen (secondary N) is 1. The number of carbonyl (C=O) groups excluding carboxylic acids is 2. The molecule has 1 aromatic rings. The van der Waals surface area contributed by atoms with E-state index in [1.54, 1.807) is 13.8 Å². The lowest BCUT2D eigenvalue weighted by molar-refractivity contribution is -0.139. The van der Waals surface area contributed by atoms with E-state index in [1.165, 1.54) is 36.0 Å². The fourth-order valence-corrected chi connectivity index (χ4v) is 4.19. The first kappa shape index (κ1) is 22.7. The van der Waals surface area contributed by atoms with Crippen molar-refractivity contribution >= 4 is 23.5 Å². The van der Waals surface area contributed by atoms with Crippen molar-refractivity contribution in [2.75, 3.05) is 12.4 Å². The molecular formula is C22H25FN2O3S. The molecule has 5 nitrogen and oxygen atoms in total. The second kappa shape index (κ2) is 10.3. The van der Waals surface area contributed by atoms with E-state index in [4.69, 9.17) is 4.74 Å². The number of hydrogen-bond donors (Lipinski definition) is 1. The molecule has 1 unspecified atom stereocenters. The van der Waals surface area contributed by atoms with Crippen LogP contribution in [0.4, 0.5) is 4.39 Å². The smallest absolute Gasteiger partial charge is 0.336 e. The maximum absolute atomic E-state index is 13.1. The molecule has 0 fully saturated rings. The molecule has 0 saturated carbocycles. The van der Waals surface area contributed by atoms with Gasteiger partial charge in [0.2, 0.25) is 0 Å². The van der Waals surface area contributed by atoms with Crippen molar-refractivity contribution in [1.82, 2.24) is 5.32 Å². The highest BCUT2D eigenvalue weighted by Gasteiger charge is 2.34. The van der Waals surface area contributed by atoms with E-state index in [-0.39, 0.29) is 30.0 Å². The Morgan fingerprint density at radius 3 is 2.52 bits per heavy atom. The first-order valence-electron chi connectivity index (χ1n) is 9.49. The molecule has 0 amide bonds. The number of rotatable bonds is 8. The molecule has 2 rings (SSSR count). The zero-order valence-electron chi connectivity index (χ0n) is 17.0. The Kier molecular flexibility index (Phi) is 8.03. The van der Waals surface area contributed by atoms with E-state index in [9.17, 15) is 19.2 Å². The molecule has 0 saturated heterocycles. The standard InChI is InChI=1S/C22H25FN2O3S/c1-5-28-22(27)20-14(4)25-21(18(11-24)17(20)10-13(2)3)29-12-19(26)15-6-8-16(23)9-7-15/h6-9,13,17,25H,5,10,12H2,1-4H3. The Labute approximate surface area is 175 Å². The van der Waals surface area contributed by atoms with Crippen molar-refractivity contribution in [3.63, 3.8) is 0 Å². The summed E-state index contributed by atoms with van der Waals surface area (Å²) in [6.45, 7) is 7.82. The van der Waals surface area contributed by atoms with Crippen molar-refractivity contribution in [1.29, 1.82) is 5.26 Å². The summed E-state index contributed by atoms with van der Waals surface area (Å²) in [5.41, 5.74) is 1.94. The normalized spacial score (nSPS) is 16.5. The fraction of sp³-hybridized carbons (Fsp3) is 0.409. The third-order valence-corrected chi connectivity index (χ3v) is 5.50. The Hall–Kier alpha value is -2.59. The Bertz CT molecular complexity index is 882. The van der Waals surface area contributed by atoms with Crippen LogP contribution in [0.1, 0.15) is 44.5 Å². The molecule has 0 spiro atoms. The van der Waals surface area contributed by atoms with Crippen molar-refractivity contribution in [2.24, 2.45) is 11.8 Å². The predicted molar refractivity (Wildman–Crippen MR) is 111 cm³/mol. The van der Waals surface area contributed by atoms with E-state index < -0.39 is 11.8 Å². The van der Waals surface area contributed by atoms with Crippen LogP contribution in [0, 0.1) is 29.0 Å². The first-order chi connectivity index (χ1) is 13.8. The van der Waals surface area contributed by atoms with Crippen LogP contribution in [0.25, 0.3) is 0 Å². The number of hydrogen-bond acceptors (Lipinski definition) is 6. The summed E-state index contributed by atoms with van der Waals surface area (Å²) < 4.78 is 18.3. The molecule has 1 aliphatic heterocycles. The molecule has 1 N–H and O–H groups in total. The summed E-state index contributed by atoms with van der Waals surface area (Å²) in [5.74, 6) is -1.03. The molecule has 0 radical (unpaired) electrons. The zero-order chi connectivity index (χ0) is 21.6. The van der Waals surface area contributed by atoms with Crippen LogP contribution in [0.2, 0.25) is 0 Å². The molecule has 0 bridgehead atoms. The maximum atomic E-state index is 13.1. The molecule has 154 valence electrons. The van der Waals surface area contributed by atoms with Gasteiger partial charge in [-0.05, 0) is 50.5 Å². The topological polar surface area (TPSA) is 79.2 Å². The van der Waals surface area contributed by atoms with Gasteiger partial charge in [-0.3, -0.25) is 4.79 Å². The Balaban J connectivity index is 2.28. The number of esters is 1. The van der Waals surface area contributed by atoms with Crippen LogP contribution >= 0.6 is 11.8 Å². The lowest BCUT2D eigenvalue weighted by Gasteiger charge is -2.29. The van der Waals surface area contributed by atoms with Gasteiger partial charge < -0.3 is 10.1 Å². The van der Waals surface area contributed by atoms with Crippen LogP contribution in [-0.4, -0.2) is 24.1 Å². The SMILES string of the molecule is CCOC(=O)C1=C(C)NC(SCC(=O)c2ccc(F)cc2)=C(C#N)C1CC(C)C. The third-order valence-electron chi connectivity index (χ3n) is 4.48. The van der Waals surface area contributed by atoms with Gasteiger partial charge in [-0.2, -0.15) is 5.26 Å². The minimum absolute atomic E-state index is 0.0928. The first-order valence-corrected chi connectivity index (χ1v) is 10.5. The van der Waals surface area contributed by atoms with Gasteiger partial charge in [-0.25, -0.2) is 9.18 Å².